The molecule has 0 aliphatic heterocycles. The van der Waals surface area contributed by atoms with Gasteiger partial charge < -0.3 is 10.4 Å². The summed E-state index contributed by atoms with van der Waals surface area (Å²) in [4.78, 5) is 21.9. The van der Waals surface area contributed by atoms with Crippen molar-refractivity contribution in [3.05, 3.63) is 41.1 Å². The third kappa shape index (κ3) is 3.44. The summed E-state index contributed by atoms with van der Waals surface area (Å²) in [6, 6.07) is 7.84. The van der Waals surface area contributed by atoms with Crippen molar-refractivity contribution in [3.63, 3.8) is 0 Å². The molecule has 0 aromatic heterocycles. The minimum absolute atomic E-state index is 0.108. The van der Waals surface area contributed by atoms with Gasteiger partial charge in [0.2, 0.25) is 5.91 Å². The van der Waals surface area contributed by atoms with E-state index in [0.29, 0.717) is 5.92 Å². The van der Waals surface area contributed by atoms with Crippen LogP contribution in [0.5, 0.6) is 0 Å². The maximum absolute atomic E-state index is 11.0. The zero-order chi connectivity index (χ0) is 13.8. The van der Waals surface area contributed by atoms with Crippen molar-refractivity contribution in [1.82, 2.24) is 5.32 Å². The van der Waals surface area contributed by atoms with Crippen LogP contribution in [0.15, 0.2) is 30.0 Å². The number of nitrogens with one attached hydrogen (secondary N) is 1. The summed E-state index contributed by atoms with van der Waals surface area (Å²) in [6.45, 7) is 1.29. The second-order valence-electron chi connectivity index (χ2n) is 4.84. The van der Waals surface area contributed by atoms with Crippen molar-refractivity contribution in [3.8, 4) is 0 Å². The van der Waals surface area contributed by atoms with E-state index < -0.39 is 5.97 Å². The Balaban J connectivity index is 2.15. The summed E-state index contributed by atoms with van der Waals surface area (Å²) in [6.07, 6.45) is 5.23. The Hall–Kier alpha value is -2.10. The van der Waals surface area contributed by atoms with Gasteiger partial charge in [0.25, 0.3) is 0 Å². The molecule has 0 atom stereocenters. The molecule has 0 saturated heterocycles. The Labute approximate surface area is 112 Å². The van der Waals surface area contributed by atoms with E-state index in [1.165, 1.54) is 37.8 Å². The highest BCUT2D eigenvalue weighted by Gasteiger charge is 2.18. The van der Waals surface area contributed by atoms with Crippen LogP contribution in [0.2, 0.25) is 0 Å². The summed E-state index contributed by atoms with van der Waals surface area (Å²) in [5, 5.41) is 11.3. The van der Waals surface area contributed by atoms with Gasteiger partial charge in [-0.3, -0.25) is 4.79 Å². The van der Waals surface area contributed by atoms with E-state index in [9.17, 15) is 9.59 Å². The fourth-order valence-electron chi connectivity index (χ4n) is 2.11. The highest BCUT2D eigenvalue weighted by atomic mass is 16.4. The van der Waals surface area contributed by atoms with E-state index >= 15 is 0 Å². The Morgan fingerprint density at radius 3 is 2.32 bits per heavy atom. The first kappa shape index (κ1) is 13.3. The fourth-order valence-corrected chi connectivity index (χ4v) is 2.11. The van der Waals surface area contributed by atoms with E-state index in [1.807, 2.05) is 24.3 Å². The van der Waals surface area contributed by atoms with Crippen LogP contribution in [0, 0.1) is 0 Å². The fraction of sp³-hybridized carbons (Fsp3) is 0.333. The van der Waals surface area contributed by atoms with E-state index in [0.717, 1.165) is 5.56 Å². The van der Waals surface area contributed by atoms with Gasteiger partial charge in [0.1, 0.15) is 5.70 Å². The first-order chi connectivity index (χ1) is 9.06. The van der Waals surface area contributed by atoms with E-state index in [2.05, 4.69) is 5.32 Å². The molecule has 1 aliphatic carbocycles. The SMILES string of the molecule is CC(=O)N/C(=C/c1ccc(C2CCC2)cc1)C(=O)O. The molecule has 0 heterocycles. The summed E-state index contributed by atoms with van der Waals surface area (Å²) < 4.78 is 0. The van der Waals surface area contributed by atoms with Gasteiger partial charge in [-0.25, -0.2) is 4.79 Å². The van der Waals surface area contributed by atoms with E-state index in [1.54, 1.807) is 0 Å². The number of carboxylic acid groups (broad SMARTS) is 1. The molecule has 0 radical (unpaired) electrons. The summed E-state index contributed by atoms with van der Waals surface area (Å²) in [7, 11) is 0. The van der Waals surface area contributed by atoms with Crippen molar-refractivity contribution in [2.45, 2.75) is 32.1 Å². The van der Waals surface area contributed by atoms with Crippen molar-refractivity contribution in [2.75, 3.05) is 0 Å². The lowest BCUT2D eigenvalue weighted by molar-refractivity contribution is -0.134. The van der Waals surface area contributed by atoms with Crippen LogP contribution in [0.25, 0.3) is 6.08 Å². The lowest BCUT2D eigenvalue weighted by Crippen LogP contribution is -2.24. The number of hydrogen-bond acceptors (Lipinski definition) is 2. The van der Waals surface area contributed by atoms with Crippen LogP contribution in [0.1, 0.15) is 43.2 Å². The van der Waals surface area contributed by atoms with Gasteiger partial charge in [-0.1, -0.05) is 30.7 Å². The average Bonchev–Trinajstić information content (AvgIpc) is 2.27. The highest BCUT2D eigenvalue weighted by Crippen LogP contribution is 2.36. The van der Waals surface area contributed by atoms with Crippen molar-refractivity contribution in [2.24, 2.45) is 0 Å². The van der Waals surface area contributed by atoms with Crippen molar-refractivity contribution < 1.29 is 14.7 Å². The number of carbonyl (C=O) groups is 2. The molecule has 4 heteroatoms. The van der Waals surface area contributed by atoms with E-state index in [4.69, 9.17) is 5.11 Å². The first-order valence-corrected chi connectivity index (χ1v) is 6.39. The summed E-state index contributed by atoms with van der Waals surface area (Å²) in [5.41, 5.74) is 1.97. The lowest BCUT2D eigenvalue weighted by atomic mass is 9.80. The molecule has 1 aromatic carbocycles. The standard InChI is InChI=1S/C15H17NO3/c1-10(17)16-14(15(18)19)9-11-5-7-13(8-6-11)12-3-2-4-12/h5-9,12H,2-4H2,1H3,(H,16,17)(H,18,19)/b14-9+. The molecule has 4 nitrogen and oxygen atoms in total. The number of benzene rings is 1. The number of carbonyl (C=O) groups excluding carboxylic acids is 1. The molecule has 0 spiro atoms. The number of amides is 1. The minimum Gasteiger partial charge on any atom is -0.477 e. The monoisotopic (exact) mass is 259 g/mol. The molecule has 1 amide bonds. The zero-order valence-corrected chi connectivity index (χ0v) is 10.8. The third-order valence-electron chi connectivity index (χ3n) is 3.37. The highest BCUT2D eigenvalue weighted by molar-refractivity contribution is 5.96. The summed E-state index contributed by atoms with van der Waals surface area (Å²) >= 11 is 0. The molecular weight excluding hydrogens is 242 g/mol. The van der Waals surface area contributed by atoms with Gasteiger partial charge in [0.05, 0.1) is 0 Å². The van der Waals surface area contributed by atoms with Crippen molar-refractivity contribution in [1.29, 1.82) is 0 Å². The first-order valence-electron chi connectivity index (χ1n) is 6.39. The Morgan fingerprint density at radius 1 is 1.26 bits per heavy atom. The molecule has 1 fully saturated rings. The molecule has 1 aromatic rings. The van der Waals surface area contributed by atoms with Gasteiger partial charge in [-0.2, -0.15) is 0 Å². The molecule has 100 valence electrons. The smallest absolute Gasteiger partial charge is 0.352 e. The van der Waals surface area contributed by atoms with Crippen LogP contribution >= 0.6 is 0 Å². The normalized spacial score (nSPS) is 15.7. The molecular formula is C15H17NO3. The number of aliphatic carboxylic acids is 1. The van der Waals surface area contributed by atoms with Crippen molar-refractivity contribution >= 4 is 18.0 Å². The van der Waals surface area contributed by atoms with Crippen LogP contribution in [0.3, 0.4) is 0 Å². The Bertz CT molecular complexity index is 513. The van der Waals surface area contributed by atoms with Gasteiger partial charge in [0.15, 0.2) is 0 Å². The maximum Gasteiger partial charge on any atom is 0.352 e. The Morgan fingerprint density at radius 2 is 1.89 bits per heavy atom. The van der Waals surface area contributed by atoms with E-state index in [-0.39, 0.29) is 11.6 Å². The van der Waals surface area contributed by atoms with Crippen LogP contribution in [0.4, 0.5) is 0 Å². The van der Waals surface area contributed by atoms with Crippen LogP contribution in [-0.2, 0) is 9.59 Å². The molecule has 0 bridgehead atoms. The molecule has 2 N–H and O–H groups in total. The number of hydrogen-bond donors (Lipinski definition) is 2. The zero-order valence-electron chi connectivity index (χ0n) is 10.8. The van der Waals surface area contributed by atoms with Crippen LogP contribution < -0.4 is 5.32 Å². The van der Waals surface area contributed by atoms with Gasteiger partial charge in [-0.05, 0) is 36.0 Å². The van der Waals surface area contributed by atoms with Crippen LogP contribution in [-0.4, -0.2) is 17.0 Å². The second kappa shape index (κ2) is 5.69. The third-order valence-corrected chi connectivity index (χ3v) is 3.37. The van der Waals surface area contributed by atoms with Gasteiger partial charge >= 0.3 is 5.97 Å². The molecule has 1 saturated carbocycles. The molecule has 19 heavy (non-hydrogen) atoms. The quantitative estimate of drug-likeness (QED) is 0.816. The predicted octanol–water partition coefficient (Wildman–Crippen LogP) is 2.52. The molecule has 2 rings (SSSR count). The number of carboxylic acids is 1. The topological polar surface area (TPSA) is 66.4 Å². The average molecular weight is 259 g/mol. The lowest BCUT2D eigenvalue weighted by Gasteiger charge is -2.25. The van der Waals surface area contributed by atoms with Gasteiger partial charge in [0, 0.05) is 6.92 Å². The largest absolute Gasteiger partial charge is 0.477 e. The Kier molecular flexibility index (Phi) is 4.00. The minimum atomic E-state index is -1.14. The molecule has 0 unspecified atom stereocenters. The molecule has 1 aliphatic rings. The predicted molar refractivity (Wildman–Crippen MR) is 72.5 cm³/mol. The van der Waals surface area contributed by atoms with Gasteiger partial charge in [-0.15, -0.1) is 0 Å². The maximum atomic E-state index is 11.0. The summed E-state index contributed by atoms with van der Waals surface area (Å²) in [5.74, 6) is -0.870. The second-order valence-corrected chi connectivity index (χ2v) is 4.84. The number of rotatable bonds is 4.